The first-order valence-electron chi connectivity index (χ1n) is 8.24. The van der Waals surface area contributed by atoms with Crippen LogP contribution in [0.2, 0.25) is 10.0 Å². The van der Waals surface area contributed by atoms with Crippen molar-refractivity contribution in [1.82, 2.24) is 0 Å². The molecule has 0 bridgehead atoms. The van der Waals surface area contributed by atoms with Crippen LogP contribution >= 0.6 is 23.2 Å². The van der Waals surface area contributed by atoms with Crippen molar-refractivity contribution in [2.24, 2.45) is 0 Å². The van der Waals surface area contributed by atoms with Gasteiger partial charge in [-0.3, -0.25) is 9.59 Å². The topological polar surface area (TPSA) is 88.4 Å². The van der Waals surface area contributed by atoms with Gasteiger partial charge in [-0.1, -0.05) is 47.5 Å². The second-order valence-corrected chi connectivity index (χ2v) is 6.36. The molecule has 0 aliphatic heterocycles. The van der Waals surface area contributed by atoms with Crippen LogP contribution in [0.4, 0.5) is 11.4 Å². The number of hydrogen-bond donors (Lipinski definition) is 1. The third-order valence-corrected chi connectivity index (χ3v) is 4.19. The van der Waals surface area contributed by atoms with Gasteiger partial charge in [0.05, 0.1) is 35.4 Å². The Labute approximate surface area is 232 Å². The number of ether oxygens (including phenoxy) is 2. The normalized spacial score (nSPS) is 11.1. The van der Waals surface area contributed by atoms with Crippen molar-refractivity contribution in [1.29, 1.82) is 0 Å². The summed E-state index contributed by atoms with van der Waals surface area (Å²) in [7, 11) is 0. The molecule has 9 heteroatoms. The Morgan fingerprint density at radius 3 is 2.36 bits per heavy atom. The first-order valence-corrected chi connectivity index (χ1v) is 9.00. The zero-order chi connectivity index (χ0) is 19.8. The van der Waals surface area contributed by atoms with Crippen molar-refractivity contribution in [2.75, 3.05) is 18.5 Å². The molecule has 1 atom stereocenters. The van der Waals surface area contributed by atoms with Crippen molar-refractivity contribution >= 4 is 46.5 Å². The average Bonchev–Trinajstić information content (AvgIpc) is 2.64. The van der Waals surface area contributed by atoms with E-state index in [-0.39, 0.29) is 88.5 Å². The Hall–Kier alpha value is -0.228. The summed E-state index contributed by atoms with van der Waals surface area (Å²) in [5, 5.41) is 4.03. The van der Waals surface area contributed by atoms with Gasteiger partial charge in [0.1, 0.15) is 0 Å². The molecule has 0 saturated carbocycles. The Balaban J connectivity index is 0.00000392. The molecule has 28 heavy (non-hydrogen) atoms. The van der Waals surface area contributed by atoms with Crippen LogP contribution in [0.1, 0.15) is 12.5 Å². The van der Waals surface area contributed by atoms with Gasteiger partial charge < -0.3 is 20.5 Å². The number of nitrogens with one attached hydrogen (secondary N) is 2. The van der Waals surface area contributed by atoms with E-state index in [1.54, 1.807) is 43.3 Å². The molecule has 0 amide bonds. The number of carbonyl (C=O) groups excluding carboxylic acids is 2. The fraction of sp³-hybridized carbons (Fsp3) is 0.263. The zero-order valence-corrected chi connectivity index (χ0v) is 23.4. The van der Waals surface area contributed by atoms with Gasteiger partial charge in [-0.25, -0.2) is 0 Å². The van der Waals surface area contributed by atoms with Crippen LogP contribution in [-0.2, 0) is 25.5 Å². The fourth-order valence-corrected chi connectivity index (χ4v) is 2.73. The molecule has 1 unspecified atom stereocenters. The van der Waals surface area contributed by atoms with Crippen molar-refractivity contribution in [2.45, 2.75) is 19.4 Å². The van der Waals surface area contributed by atoms with Gasteiger partial charge >= 0.3 is 74.9 Å². The van der Waals surface area contributed by atoms with Gasteiger partial charge in [0.15, 0.2) is 0 Å². The summed E-state index contributed by atoms with van der Waals surface area (Å²) in [6.07, 6.45) is -0.0409. The Kier molecular flexibility index (Phi) is 12.1. The predicted octanol–water partition coefficient (Wildman–Crippen LogP) is 1.81. The number of hydrogen-bond acceptors (Lipinski definition) is 5. The average molecular weight is 543 g/mol. The zero-order valence-electron chi connectivity index (χ0n) is 15.6. The molecule has 0 saturated heterocycles. The van der Waals surface area contributed by atoms with E-state index < -0.39 is 18.0 Å². The molecule has 2 aromatic carbocycles. The Bertz CT molecular complexity index is 800. The Morgan fingerprint density at radius 1 is 1.07 bits per heavy atom. The van der Waals surface area contributed by atoms with E-state index in [2.05, 4.69) is 5.32 Å². The van der Waals surface area contributed by atoms with Crippen LogP contribution < -0.4 is 74.2 Å². The molecule has 2 N–H and O–H groups in total. The van der Waals surface area contributed by atoms with Crippen LogP contribution in [-0.4, -0.2) is 31.2 Å². The van der Waals surface area contributed by atoms with Gasteiger partial charge in [0.2, 0.25) is 0 Å². The molecule has 0 fully saturated rings. The van der Waals surface area contributed by atoms with Crippen LogP contribution in [0.3, 0.4) is 0 Å². The number of carbonyl (C=O) groups is 2. The van der Waals surface area contributed by atoms with Crippen molar-refractivity contribution in [3.8, 4) is 0 Å². The van der Waals surface area contributed by atoms with E-state index in [1.807, 2.05) is 6.07 Å². The van der Waals surface area contributed by atoms with E-state index in [1.165, 1.54) is 0 Å². The smallest absolute Gasteiger partial charge is 0.663 e. The molecule has 2 rings (SSSR count). The summed E-state index contributed by atoms with van der Waals surface area (Å²) in [5.41, 5.74) is 9.45. The van der Waals surface area contributed by atoms with Gasteiger partial charge in [0.25, 0.3) is 5.97 Å². The number of anilines is 2. The van der Waals surface area contributed by atoms with E-state index in [4.69, 9.17) is 38.4 Å². The molecule has 0 radical (unpaired) electrons. The third-order valence-electron chi connectivity index (χ3n) is 3.56. The number of benzene rings is 2. The molecule has 0 aromatic heterocycles. The van der Waals surface area contributed by atoms with Crippen LogP contribution in [0.25, 0.3) is 5.73 Å². The Morgan fingerprint density at radius 2 is 1.71 bits per heavy atom. The fourth-order valence-electron chi connectivity index (χ4n) is 2.24. The molecular formula is C19H19Cl2CsN2O4. The summed E-state index contributed by atoms with van der Waals surface area (Å²) in [4.78, 5) is 23.5. The standard InChI is InChI=1S/C19H19Cl2N2O4.Cs/c1-2-26-19(25)15(22)11-27-17(24)10-12-6-3-4-9-16(12)23-18-13(20)7-5-8-14(18)21;/h3-9,15,22-23H,2,10-11H2,1H3;/q-1;+1. The summed E-state index contributed by atoms with van der Waals surface area (Å²) in [6, 6.07) is 11.0. The maximum atomic E-state index is 12.1. The number of esters is 2. The molecule has 144 valence electrons. The first-order chi connectivity index (χ1) is 12.9. The van der Waals surface area contributed by atoms with Crippen molar-refractivity contribution in [3.63, 3.8) is 0 Å². The summed E-state index contributed by atoms with van der Waals surface area (Å²) in [6.45, 7) is 1.46. The first kappa shape index (κ1) is 25.8. The second kappa shape index (κ2) is 13.2. The molecular weight excluding hydrogens is 524 g/mol. The largest absolute Gasteiger partial charge is 1.00 e. The van der Waals surface area contributed by atoms with Crippen molar-refractivity contribution in [3.05, 3.63) is 63.8 Å². The number of rotatable bonds is 8. The molecule has 0 aliphatic carbocycles. The van der Waals surface area contributed by atoms with Gasteiger partial charge in [-0.05, 0) is 36.7 Å². The third kappa shape index (κ3) is 7.89. The minimum atomic E-state index is -1.26. The molecule has 6 nitrogen and oxygen atoms in total. The molecule has 0 aliphatic rings. The van der Waals surface area contributed by atoms with Crippen LogP contribution in [0.5, 0.6) is 0 Å². The maximum absolute atomic E-state index is 12.1. The quantitative estimate of drug-likeness (QED) is 0.514. The minimum absolute atomic E-state index is 0. The molecule has 2 aromatic rings. The number of halogens is 2. The van der Waals surface area contributed by atoms with Gasteiger partial charge in [-0.15, -0.1) is 0 Å². The van der Waals surface area contributed by atoms with Gasteiger partial charge in [0, 0.05) is 5.69 Å². The summed E-state index contributed by atoms with van der Waals surface area (Å²) < 4.78 is 9.73. The monoisotopic (exact) mass is 542 g/mol. The van der Waals surface area contributed by atoms with E-state index >= 15 is 0 Å². The summed E-state index contributed by atoms with van der Waals surface area (Å²) >= 11 is 12.3. The summed E-state index contributed by atoms with van der Waals surface area (Å²) in [5.74, 6) is -1.28. The predicted molar refractivity (Wildman–Crippen MR) is 106 cm³/mol. The maximum Gasteiger partial charge on any atom is 1.00 e. The van der Waals surface area contributed by atoms with Crippen LogP contribution in [0.15, 0.2) is 42.5 Å². The SMILES string of the molecule is CCOC(=O)C([NH-])COC(=O)Cc1ccccc1Nc1c(Cl)cccc1Cl.[Cs+]. The second-order valence-electron chi connectivity index (χ2n) is 5.54. The van der Waals surface area contributed by atoms with E-state index in [0.717, 1.165) is 0 Å². The molecule has 0 spiro atoms. The van der Waals surface area contributed by atoms with Gasteiger partial charge in [-0.2, -0.15) is 0 Å². The van der Waals surface area contributed by atoms with E-state index in [9.17, 15) is 9.59 Å². The van der Waals surface area contributed by atoms with Crippen molar-refractivity contribution < 1.29 is 88.0 Å². The number of para-hydroxylation sites is 2. The molecule has 0 heterocycles. The van der Waals surface area contributed by atoms with E-state index in [0.29, 0.717) is 27.0 Å². The van der Waals surface area contributed by atoms with Crippen LogP contribution in [0, 0.1) is 0 Å². The minimum Gasteiger partial charge on any atom is -0.663 e.